The van der Waals surface area contributed by atoms with E-state index in [4.69, 9.17) is 16.3 Å². The Labute approximate surface area is 155 Å². The fourth-order valence-electron chi connectivity index (χ4n) is 3.09. The van der Waals surface area contributed by atoms with E-state index in [-0.39, 0.29) is 0 Å². The Bertz CT molecular complexity index is 576. The molecule has 1 aromatic carbocycles. The molecule has 1 saturated heterocycles. The highest BCUT2D eigenvalue weighted by atomic mass is 35.5. The van der Waals surface area contributed by atoms with Crippen LogP contribution < -0.4 is 15.5 Å². The third kappa shape index (κ3) is 6.08. The van der Waals surface area contributed by atoms with Crippen LogP contribution in [-0.4, -0.2) is 51.9 Å². The summed E-state index contributed by atoms with van der Waals surface area (Å²) in [6.07, 6.45) is 4.80. The first kappa shape index (κ1) is 18.3. The van der Waals surface area contributed by atoms with E-state index in [1.165, 1.54) is 18.5 Å². The molecule has 2 aliphatic rings. The number of nitrogens with zero attached hydrogens (tertiary/aromatic N) is 2. The highest BCUT2D eigenvalue weighted by Crippen LogP contribution is 2.28. The molecule has 2 fully saturated rings. The van der Waals surface area contributed by atoms with Gasteiger partial charge in [0.2, 0.25) is 0 Å². The SMILES string of the molecule is CN=C(NCCCOCC1CC1)NC1CCN(c2cccc(Cl)c2)C1. The van der Waals surface area contributed by atoms with Gasteiger partial charge in [0.25, 0.3) is 0 Å². The van der Waals surface area contributed by atoms with E-state index < -0.39 is 0 Å². The van der Waals surface area contributed by atoms with Crippen LogP contribution in [0.5, 0.6) is 0 Å². The highest BCUT2D eigenvalue weighted by Gasteiger charge is 2.23. The van der Waals surface area contributed by atoms with Crippen molar-refractivity contribution in [1.82, 2.24) is 10.6 Å². The Hall–Kier alpha value is -1.46. The molecule has 5 nitrogen and oxygen atoms in total. The second-order valence-electron chi connectivity index (χ2n) is 6.93. The summed E-state index contributed by atoms with van der Waals surface area (Å²) in [6.45, 7) is 4.64. The molecule has 0 radical (unpaired) electrons. The lowest BCUT2D eigenvalue weighted by atomic mass is 10.2. The van der Waals surface area contributed by atoms with Gasteiger partial charge in [0, 0.05) is 56.6 Å². The van der Waals surface area contributed by atoms with Crippen molar-refractivity contribution in [3.8, 4) is 0 Å². The zero-order chi connectivity index (χ0) is 17.5. The molecule has 1 heterocycles. The second-order valence-corrected chi connectivity index (χ2v) is 7.36. The molecular formula is C19H29ClN4O. The van der Waals surface area contributed by atoms with Gasteiger partial charge in [-0.05, 0) is 49.8 Å². The average molecular weight is 365 g/mol. The summed E-state index contributed by atoms with van der Waals surface area (Å²) in [4.78, 5) is 6.70. The third-order valence-electron chi connectivity index (χ3n) is 4.73. The Kier molecular flexibility index (Phi) is 6.82. The van der Waals surface area contributed by atoms with Crippen LogP contribution in [-0.2, 0) is 4.74 Å². The normalized spacial score (nSPS) is 20.8. The number of ether oxygens (including phenoxy) is 1. The predicted molar refractivity (Wildman–Crippen MR) is 105 cm³/mol. The zero-order valence-corrected chi connectivity index (χ0v) is 15.8. The molecule has 25 heavy (non-hydrogen) atoms. The molecule has 2 N–H and O–H groups in total. The van der Waals surface area contributed by atoms with Gasteiger partial charge in [-0.25, -0.2) is 0 Å². The fourth-order valence-corrected chi connectivity index (χ4v) is 3.27. The molecule has 1 aliphatic carbocycles. The van der Waals surface area contributed by atoms with Crippen molar-refractivity contribution in [3.63, 3.8) is 0 Å². The van der Waals surface area contributed by atoms with Gasteiger partial charge in [0.15, 0.2) is 5.96 Å². The number of hydrogen-bond donors (Lipinski definition) is 2. The van der Waals surface area contributed by atoms with Gasteiger partial charge < -0.3 is 20.3 Å². The largest absolute Gasteiger partial charge is 0.381 e. The minimum atomic E-state index is 0.399. The van der Waals surface area contributed by atoms with Gasteiger partial charge in [-0.2, -0.15) is 0 Å². The number of rotatable bonds is 8. The van der Waals surface area contributed by atoms with Crippen molar-refractivity contribution in [1.29, 1.82) is 0 Å². The van der Waals surface area contributed by atoms with E-state index in [1.54, 1.807) is 0 Å². The molecule has 1 aromatic rings. The smallest absolute Gasteiger partial charge is 0.191 e. The van der Waals surface area contributed by atoms with Crippen LogP contribution >= 0.6 is 11.6 Å². The van der Waals surface area contributed by atoms with Gasteiger partial charge in [-0.1, -0.05) is 17.7 Å². The second kappa shape index (κ2) is 9.30. The molecule has 0 bridgehead atoms. The molecule has 0 spiro atoms. The highest BCUT2D eigenvalue weighted by molar-refractivity contribution is 6.30. The van der Waals surface area contributed by atoms with Gasteiger partial charge in [-0.3, -0.25) is 4.99 Å². The first-order valence-corrected chi connectivity index (χ1v) is 9.68. The van der Waals surface area contributed by atoms with Gasteiger partial charge >= 0.3 is 0 Å². The average Bonchev–Trinajstić information content (AvgIpc) is 3.33. The molecule has 1 atom stereocenters. The Balaban J connectivity index is 1.34. The minimum absolute atomic E-state index is 0.399. The monoisotopic (exact) mass is 364 g/mol. The summed E-state index contributed by atoms with van der Waals surface area (Å²) in [5.41, 5.74) is 1.19. The first-order valence-electron chi connectivity index (χ1n) is 9.30. The van der Waals surface area contributed by atoms with Gasteiger partial charge in [0.1, 0.15) is 0 Å². The quantitative estimate of drug-likeness (QED) is 0.423. The van der Waals surface area contributed by atoms with Crippen molar-refractivity contribution in [3.05, 3.63) is 29.3 Å². The zero-order valence-electron chi connectivity index (χ0n) is 15.0. The molecule has 1 saturated carbocycles. The molecule has 1 aliphatic heterocycles. The maximum absolute atomic E-state index is 6.10. The number of benzene rings is 1. The molecular weight excluding hydrogens is 336 g/mol. The van der Waals surface area contributed by atoms with E-state index in [2.05, 4.69) is 26.6 Å². The van der Waals surface area contributed by atoms with E-state index in [0.29, 0.717) is 6.04 Å². The van der Waals surface area contributed by atoms with E-state index in [1.807, 2.05) is 25.2 Å². The molecule has 0 amide bonds. The molecule has 1 unspecified atom stereocenters. The van der Waals surface area contributed by atoms with Crippen molar-refractivity contribution >= 4 is 23.2 Å². The van der Waals surface area contributed by atoms with E-state index >= 15 is 0 Å². The van der Waals surface area contributed by atoms with Gasteiger partial charge in [-0.15, -0.1) is 0 Å². The topological polar surface area (TPSA) is 48.9 Å². The summed E-state index contributed by atoms with van der Waals surface area (Å²) in [7, 11) is 1.82. The van der Waals surface area contributed by atoms with Crippen molar-refractivity contribution in [2.24, 2.45) is 10.9 Å². The lowest BCUT2D eigenvalue weighted by Crippen LogP contribution is -2.45. The van der Waals surface area contributed by atoms with Gasteiger partial charge in [0.05, 0.1) is 0 Å². The molecule has 138 valence electrons. The van der Waals surface area contributed by atoms with Crippen LogP contribution in [0.3, 0.4) is 0 Å². The number of nitrogens with one attached hydrogen (secondary N) is 2. The lowest BCUT2D eigenvalue weighted by Gasteiger charge is -2.20. The first-order chi connectivity index (χ1) is 12.2. The number of anilines is 1. The number of hydrogen-bond acceptors (Lipinski definition) is 3. The molecule has 3 rings (SSSR count). The van der Waals surface area contributed by atoms with Crippen LogP contribution in [0.15, 0.2) is 29.3 Å². The summed E-state index contributed by atoms with van der Waals surface area (Å²) in [5.74, 6) is 1.72. The Morgan fingerprint density at radius 2 is 2.24 bits per heavy atom. The maximum atomic E-state index is 6.10. The van der Waals surface area contributed by atoms with E-state index in [0.717, 1.165) is 62.6 Å². The number of guanidine groups is 1. The van der Waals surface area contributed by atoms with Crippen LogP contribution in [0, 0.1) is 5.92 Å². The van der Waals surface area contributed by atoms with Crippen molar-refractivity contribution in [2.75, 3.05) is 44.8 Å². The third-order valence-corrected chi connectivity index (χ3v) is 4.97. The van der Waals surface area contributed by atoms with Crippen LogP contribution in [0.2, 0.25) is 5.02 Å². The van der Waals surface area contributed by atoms with Crippen LogP contribution in [0.4, 0.5) is 5.69 Å². The summed E-state index contributed by atoms with van der Waals surface area (Å²) >= 11 is 6.10. The number of aliphatic imine (C=N–C) groups is 1. The summed E-state index contributed by atoms with van der Waals surface area (Å²) in [5, 5.41) is 7.69. The van der Waals surface area contributed by atoms with Crippen LogP contribution in [0.1, 0.15) is 25.7 Å². The fraction of sp³-hybridized carbons (Fsp3) is 0.632. The van der Waals surface area contributed by atoms with E-state index in [9.17, 15) is 0 Å². The maximum Gasteiger partial charge on any atom is 0.191 e. The summed E-state index contributed by atoms with van der Waals surface area (Å²) in [6, 6.07) is 8.46. The molecule has 6 heteroatoms. The summed E-state index contributed by atoms with van der Waals surface area (Å²) < 4.78 is 5.66. The Morgan fingerprint density at radius 3 is 3.00 bits per heavy atom. The minimum Gasteiger partial charge on any atom is -0.381 e. The predicted octanol–water partition coefficient (Wildman–Crippen LogP) is 2.90. The number of halogens is 1. The van der Waals surface area contributed by atoms with Crippen molar-refractivity contribution < 1.29 is 4.74 Å². The lowest BCUT2D eigenvalue weighted by molar-refractivity contribution is 0.123. The van der Waals surface area contributed by atoms with Crippen molar-refractivity contribution in [2.45, 2.75) is 31.7 Å². The van der Waals surface area contributed by atoms with Crippen LogP contribution in [0.25, 0.3) is 0 Å². The molecule has 0 aromatic heterocycles. The standard InChI is InChI=1S/C19H29ClN4O/c1-21-19(22-9-3-11-25-14-15-6-7-15)23-17-8-10-24(13-17)18-5-2-4-16(20)12-18/h2,4-5,12,15,17H,3,6-11,13-14H2,1H3,(H2,21,22,23). The Morgan fingerprint density at radius 1 is 1.36 bits per heavy atom.